The topological polar surface area (TPSA) is 26.7 Å². The van der Waals surface area contributed by atoms with E-state index >= 15 is 0 Å². The van der Waals surface area contributed by atoms with Gasteiger partial charge in [-0.3, -0.25) is 4.90 Å². The molecule has 1 unspecified atom stereocenters. The van der Waals surface area contributed by atoms with Crippen molar-refractivity contribution in [3.8, 4) is 0 Å². The van der Waals surface area contributed by atoms with Crippen LogP contribution in [-0.4, -0.2) is 66.7 Å². The second kappa shape index (κ2) is 6.26. The van der Waals surface area contributed by atoms with E-state index in [9.17, 15) is 8.78 Å². The number of hydrogen-bond donors (Lipinski definition) is 1. The molecule has 0 spiro atoms. The summed E-state index contributed by atoms with van der Waals surface area (Å²) >= 11 is 0. The zero-order valence-electron chi connectivity index (χ0n) is 11.0. The minimum absolute atomic E-state index is 0.0733. The van der Waals surface area contributed by atoms with E-state index in [-0.39, 0.29) is 25.4 Å². The first kappa shape index (κ1) is 14.2. The van der Waals surface area contributed by atoms with Gasteiger partial charge in [0.2, 0.25) is 5.92 Å². The lowest BCUT2D eigenvalue weighted by atomic mass is 9.86. The molecule has 5 heteroatoms. The number of aliphatic hydroxyl groups is 1. The minimum Gasteiger partial charge on any atom is -0.395 e. The van der Waals surface area contributed by atoms with Crippen molar-refractivity contribution < 1.29 is 13.9 Å². The summed E-state index contributed by atoms with van der Waals surface area (Å²) in [6.45, 7) is 5.55. The van der Waals surface area contributed by atoms with E-state index in [2.05, 4.69) is 9.80 Å². The van der Waals surface area contributed by atoms with E-state index in [4.69, 9.17) is 5.11 Å². The predicted molar refractivity (Wildman–Crippen MR) is 66.9 cm³/mol. The van der Waals surface area contributed by atoms with Gasteiger partial charge in [0.15, 0.2) is 0 Å². The molecular formula is C13H24F2N2O. The van der Waals surface area contributed by atoms with Crippen LogP contribution in [0, 0.1) is 5.92 Å². The van der Waals surface area contributed by atoms with Crippen LogP contribution >= 0.6 is 0 Å². The van der Waals surface area contributed by atoms with Crippen molar-refractivity contribution in [1.82, 2.24) is 9.80 Å². The highest BCUT2D eigenvalue weighted by molar-refractivity contribution is 4.82. The Bertz CT molecular complexity index is 255. The van der Waals surface area contributed by atoms with Gasteiger partial charge in [0.25, 0.3) is 0 Å². The lowest BCUT2D eigenvalue weighted by Crippen LogP contribution is -2.49. The third-order valence-corrected chi connectivity index (χ3v) is 4.14. The smallest absolute Gasteiger partial charge is 0.248 e. The van der Waals surface area contributed by atoms with Gasteiger partial charge in [0, 0.05) is 52.1 Å². The van der Waals surface area contributed by atoms with Gasteiger partial charge in [0.05, 0.1) is 6.61 Å². The average Bonchev–Trinajstić information content (AvgIpc) is 2.31. The maximum atomic E-state index is 13.3. The second-order valence-electron chi connectivity index (χ2n) is 5.68. The highest BCUT2D eigenvalue weighted by Gasteiger charge is 2.36. The van der Waals surface area contributed by atoms with Crippen molar-refractivity contribution in [2.75, 3.05) is 45.9 Å². The molecule has 1 aliphatic carbocycles. The van der Waals surface area contributed by atoms with Crippen LogP contribution in [0.2, 0.25) is 0 Å². The highest BCUT2D eigenvalue weighted by atomic mass is 19.3. The van der Waals surface area contributed by atoms with Crippen LogP contribution in [0.3, 0.4) is 0 Å². The number of alkyl halides is 2. The molecule has 1 aliphatic heterocycles. The van der Waals surface area contributed by atoms with Crippen LogP contribution in [-0.2, 0) is 0 Å². The van der Waals surface area contributed by atoms with E-state index in [0.29, 0.717) is 6.42 Å². The molecule has 106 valence electrons. The van der Waals surface area contributed by atoms with Crippen LogP contribution in [0.5, 0.6) is 0 Å². The maximum Gasteiger partial charge on any atom is 0.248 e. The van der Waals surface area contributed by atoms with E-state index in [1.54, 1.807) is 0 Å². The van der Waals surface area contributed by atoms with Crippen molar-refractivity contribution in [2.45, 2.75) is 31.6 Å². The first-order valence-corrected chi connectivity index (χ1v) is 7.02. The first-order chi connectivity index (χ1) is 8.59. The van der Waals surface area contributed by atoms with Gasteiger partial charge < -0.3 is 10.0 Å². The van der Waals surface area contributed by atoms with Crippen LogP contribution in [0.4, 0.5) is 8.78 Å². The van der Waals surface area contributed by atoms with Crippen LogP contribution < -0.4 is 0 Å². The Balaban J connectivity index is 1.71. The Kier molecular flexibility index (Phi) is 4.92. The molecule has 0 amide bonds. The summed E-state index contributed by atoms with van der Waals surface area (Å²) in [7, 11) is 0. The van der Waals surface area contributed by atoms with Crippen molar-refractivity contribution in [2.24, 2.45) is 5.92 Å². The number of rotatable bonds is 4. The normalized spacial score (nSPS) is 30.5. The largest absolute Gasteiger partial charge is 0.395 e. The van der Waals surface area contributed by atoms with E-state index in [1.807, 2.05) is 0 Å². The van der Waals surface area contributed by atoms with E-state index < -0.39 is 5.92 Å². The number of halogens is 2. The number of piperazine rings is 1. The fourth-order valence-electron chi connectivity index (χ4n) is 3.13. The molecule has 0 aromatic carbocycles. The molecule has 1 atom stereocenters. The minimum atomic E-state index is -2.43. The Morgan fingerprint density at radius 2 is 1.78 bits per heavy atom. The van der Waals surface area contributed by atoms with Gasteiger partial charge in [0.1, 0.15) is 0 Å². The number of aliphatic hydroxyl groups excluding tert-OH is 1. The van der Waals surface area contributed by atoms with Crippen molar-refractivity contribution in [1.29, 1.82) is 0 Å². The summed E-state index contributed by atoms with van der Waals surface area (Å²) in [4.78, 5) is 4.53. The third kappa shape index (κ3) is 4.14. The lowest BCUT2D eigenvalue weighted by Gasteiger charge is -2.38. The summed E-state index contributed by atoms with van der Waals surface area (Å²) in [6.07, 6.45) is 1.77. The highest BCUT2D eigenvalue weighted by Crippen LogP contribution is 2.36. The molecule has 1 saturated carbocycles. The molecule has 0 aromatic heterocycles. The van der Waals surface area contributed by atoms with Gasteiger partial charge in [-0.05, 0) is 18.8 Å². The SMILES string of the molecule is OCCN1CCN(CC2CCCC(F)(F)C2)CC1. The zero-order chi connectivity index (χ0) is 13.0. The van der Waals surface area contributed by atoms with Crippen LogP contribution in [0.15, 0.2) is 0 Å². The Hall–Kier alpha value is -0.260. The maximum absolute atomic E-state index is 13.3. The van der Waals surface area contributed by atoms with Crippen molar-refractivity contribution in [3.05, 3.63) is 0 Å². The van der Waals surface area contributed by atoms with E-state index in [1.165, 1.54) is 0 Å². The van der Waals surface area contributed by atoms with Gasteiger partial charge >= 0.3 is 0 Å². The fourth-order valence-corrected chi connectivity index (χ4v) is 3.13. The van der Waals surface area contributed by atoms with Crippen LogP contribution in [0.25, 0.3) is 0 Å². The molecule has 0 radical (unpaired) electrons. The number of hydrogen-bond acceptors (Lipinski definition) is 3. The van der Waals surface area contributed by atoms with Crippen molar-refractivity contribution in [3.63, 3.8) is 0 Å². The molecule has 2 rings (SSSR count). The molecular weight excluding hydrogens is 238 g/mol. The molecule has 0 bridgehead atoms. The summed E-state index contributed by atoms with van der Waals surface area (Å²) in [5.41, 5.74) is 0. The van der Waals surface area contributed by atoms with Crippen molar-refractivity contribution >= 4 is 0 Å². The van der Waals surface area contributed by atoms with Gasteiger partial charge in [-0.2, -0.15) is 0 Å². The predicted octanol–water partition coefficient (Wildman–Crippen LogP) is 1.42. The molecule has 1 saturated heterocycles. The lowest BCUT2D eigenvalue weighted by molar-refractivity contribution is -0.0585. The molecule has 18 heavy (non-hydrogen) atoms. The van der Waals surface area contributed by atoms with Gasteiger partial charge in [-0.1, -0.05) is 0 Å². The van der Waals surface area contributed by atoms with Gasteiger partial charge in [-0.15, -0.1) is 0 Å². The van der Waals surface area contributed by atoms with E-state index in [0.717, 1.165) is 45.7 Å². The Morgan fingerprint density at radius 1 is 1.11 bits per heavy atom. The number of nitrogens with zero attached hydrogens (tertiary/aromatic N) is 2. The first-order valence-electron chi connectivity index (χ1n) is 7.02. The quantitative estimate of drug-likeness (QED) is 0.830. The molecule has 0 aromatic rings. The molecule has 1 heterocycles. The van der Waals surface area contributed by atoms with Gasteiger partial charge in [-0.25, -0.2) is 8.78 Å². The average molecular weight is 262 g/mol. The third-order valence-electron chi connectivity index (χ3n) is 4.14. The molecule has 1 N–H and O–H groups in total. The summed E-state index contributed by atoms with van der Waals surface area (Å²) < 4.78 is 26.6. The fraction of sp³-hybridized carbons (Fsp3) is 1.00. The Labute approximate surface area is 108 Å². The monoisotopic (exact) mass is 262 g/mol. The second-order valence-corrected chi connectivity index (χ2v) is 5.68. The molecule has 2 aliphatic rings. The van der Waals surface area contributed by atoms with Crippen LogP contribution in [0.1, 0.15) is 25.7 Å². The molecule has 3 nitrogen and oxygen atoms in total. The summed E-state index contributed by atoms with van der Waals surface area (Å²) in [5, 5.41) is 8.86. The summed E-state index contributed by atoms with van der Waals surface area (Å²) in [5.74, 6) is -2.26. The zero-order valence-corrected chi connectivity index (χ0v) is 11.0. The Morgan fingerprint density at radius 3 is 2.39 bits per heavy atom. The standard InChI is InChI=1S/C13H24F2N2O/c14-13(15)3-1-2-12(10-13)11-17-6-4-16(5-7-17)8-9-18/h12,18H,1-11H2. The summed E-state index contributed by atoms with van der Waals surface area (Å²) in [6, 6.07) is 0. The molecule has 2 fully saturated rings. The number of β-amino-alcohol motifs (C(OH)–C–C–N with tert-alkyl or cyclic N) is 1.